The highest BCUT2D eigenvalue weighted by Crippen LogP contribution is 2.23. The molecular weight excluding hydrogens is 226 g/mol. The van der Waals surface area contributed by atoms with Crippen molar-refractivity contribution in [2.75, 3.05) is 18.8 Å². The molecule has 3 nitrogen and oxygen atoms in total. The molecule has 84 valence electrons. The van der Waals surface area contributed by atoms with E-state index in [9.17, 15) is 0 Å². The molecule has 1 atom stereocenters. The Morgan fingerprint density at radius 2 is 2.53 bits per heavy atom. The molecule has 1 N–H and O–H groups in total. The second-order valence-electron chi connectivity index (χ2n) is 3.96. The molecule has 1 unspecified atom stereocenters. The predicted molar refractivity (Wildman–Crippen MR) is 65.6 cm³/mol. The lowest BCUT2D eigenvalue weighted by Gasteiger charge is -2.22. The van der Waals surface area contributed by atoms with Crippen LogP contribution in [0.2, 0.25) is 0 Å². The predicted octanol–water partition coefficient (Wildman–Crippen LogP) is 2.33. The Morgan fingerprint density at radius 3 is 3.20 bits per heavy atom. The summed E-state index contributed by atoms with van der Waals surface area (Å²) in [6.45, 7) is 4.36. The number of hydrogen-bond acceptors (Lipinski definition) is 5. The van der Waals surface area contributed by atoms with Crippen molar-refractivity contribution in [3.05, 3.63) is 5.82 Å². The highest BCUT2D eigenvalue weighted by atomic mass is 32.2. The highest BCUT2D eigenvalue weighted by molar-refractivity contribution is 8.00. The largest absolute Gasteiger partial charge is 0.316 e. The lowest BCUT2D eigenvalue weighted by Crippen LogP contribution is -2.29. The molecule has 0 aliphatic carbocycles. The van der Waals surface area contributed by atoms with Crippen LogP contribution in [0.25, 0.3) is 0 Å². The zero-order valence-corrected chi connectivity index (χ0v) is 10.7. The van der Waals surface area contributed by atoms with Crippen LogP contribution < -0.4 is 5.32 Å². The van der Waals surface area contributed by atoms with Crippen LogP contribution in [0.5, 0.6) is 0 Å². The van der Waals surface area contributed by atoms with E-state index in [4.69, 9.17) is 0 Å². The van der Waals surface area contributed by atoms with E-state index in [2.05, 4.69) is 14.7 Å². The van der Waals surface area contributed by atoms with Gasteiger partial charge < -0.3 is 5.32 Å². The molecule has 0 amide bonds. The van der Waals surface area contributed by atoms with Gasteiger partial charge in [-0.25, -0.2) is 4.98 Å². The summed E-state index contributed by atoms with van der Waals surface area (Å²) in [5.74, 6) is 2.96. The van der Waals surface area contributed by atoms with Crippen molar-refractivity contribution in [1.29, 1.82) is 0 Å². The molecule has 0 bridgehead atoms. The van der Waals surface area contributed by atoms with Gasteiger partial charge in [-0.15, -0.1) is 0 Å². The van der Waals surface area contributed by atoms with Crippen LogP contribution in [0.1, 0.15) is 25.1 Å². The first kappa shape index (κ1) is 11.4. The number of thioether (sulfide) groups is 1. The van der Waals surface area contributed by atoms with Crippen LogP contribution in [0.4, 0.5) is 0 Å². The maximum atomic E-state index is 4.35. The summed E-state index contributed by atoms with van der Waals surface area (Å²) in [5.41, 5.74) is 0. The van der Waals surface area contributed by atoms with Crippen molar-refractivity contribution in [1.82, 2.24) is 14.7 Å². The Kier molecular flexibility index (Phi) is 4.41. The Labute approximate surface area is 99.2 Å². The molecule has 1 aromatic heterocycles. The molecule has 2 rings (SSSR count). The van der Waals surface area contributed by atoms with Gasteiger partial charge in [-0.05, 0) is 56.7 Å². The summed E-state index contributed by atoms with van der Waals surface area (Å²) < 4.78 is 5.30. The minimum atomic E-state index is 0.875. The number of nitrogens with one attached hydrogen (secondary N) is 1. The normalized spacial score (nSPS) is 21.8. The van der Waals surface area contributed by atoms with Crippen molar-refractivity contribution >= 4 is 23.3 Å². The fourth-order valence-corrected chi connectivity index (χ4v) is 3.64. The Balaban J connectivity index is 1.65. The second kappa shape index (κ2) is 5.82. The number of nitrogens with zero attached hydrogens (tertiary/aromatic N) is 2. The maximum Gasteiger partial charge on any atom is 0.170 e. The summed E-state index contributed by atoms with van der Waals surface area (Å²) in [6, 6.07) is 0. The summed E-state index contributed by atoms with van der Waals surface area (Å²) in [4.78, 5) is 4.35. The van der Waals surface area contributed by atoms with Crippen molar-refractivity contribution in [3.8, 4) is 0 Å². The van der Waals surface area contributed by atoms with Gasteiger partial charge in [0, 0.05) is 5.75 Å². The van der Waals surface area contributed by atoms with Crippen LogP contribution in [0.15, 0.2) is 4.34 Å². The van der Waals surface area contributed by atoms with Crippen LogP contribution >= 0.6 is 23.3 Å². The van der Waals surface area contributed by atoms with E-state index in [0.717, 1.165) is 16.1 Å². The molecule has 1 aliphatic rings. The first-order chi connectivity index (χ1) is 7.34. The SMILES string of the molecule is Cc1nsc(SCCC2CCCNC2)n1. The summed E-state index contributed by atoms with van der Waals surface area (Å²) >= 11 is 3.37. The Morgan fingerprint density at radius 1 is 1.60 bits per heavy atom. The monoisotopic (exact) mass is 243 g/mol. The van der Waals surface area contributed by atoms with Gasteiger partial charge in [0.15, 0.2) is 4.34 Å². The average molecular weight is 243 g/mol. The molecule has 0 saturated carbocycles. The third-order valence-corrected chi connectivity index (χ3v) is 4.62. The van der Waals surface area contributed by atoms with Crippen molar-refractivity contribution in [2.45, 2.75) is 30.5 Å². The summed E-state index contributed by atoms with van der Waals surface area (Å²) in [7, 11) is 0. The van der Waals surface area contributed by atoms with Crippen molar-refractivity contribution in [2.24, 2.45) is 5.92 Å². The standard InChI is InChI=1S/C10H17N3S2/c1-8-12-10(15-13-8)14-6-4-9-3-2-5-11-7-9/h9,11H,2-7H2,1H3. The van der Waals surface area contributed by atoms with Crippen molar-refractivity contribution < 1.29 is 0 Å². The van der Waals surface area contributed by atoms with Gasteiger partial charge in [0.25, 0.3) is 0 Å². The van der Waals surface area contributed by atoms with Crippen LogP contribution in [-0.4, -0.2) is 28.2 Å². The van der Waals surface area contributed by atoms with E-state index in [-0.39, 0.29) is 0 Å². The topological polar surface area (TPSA) is 37.8 Å². The molecule has 0 radical (unpaired) electrons. The minimum absolute atomic E-state index is 0.875. The first-order valence-electron chi connectivity index (χ1n) is 5.48. The third kappa shape index (κ3) is 3.74. The number of hydrogen-bond donors (Lipinski definition) is 1. The van der Waals surface area contributed by atoms with E-state index in [1.165, 1.54) is 49.6 Å². The fourth-order valence-electron chi connectivity index (χ4n) is 1.82. The number of aromatic nitrogens is 2. The van der Waals surface area contributed by atoms with Gasteiger partial charge in [0.2, 0.25) is 0 Å². The molecule has 2 heterocycles. The van der Waals surface area contributed by atoms with E-state index in [0.29, 0.717) is 0 Å². The van der Waals surface area contributed by atoms with E-state index in [1.807, 2.05) is 18.7 Å². The van der Waals surface area contributed by atoms with Gasteiger partial charge in [-0.3, -0.25) is 0 Å². The molecule has 1 aromatic rings. The fraction of sp³-hybridized carbons (Fsp3) is 0.800. The van der Waals surface area contributed by atoms with Crippen LogP contribution in [-0.2, 0) is 0 Å². The highest BCUT2D eigenvalue weighted by Gasteiger charge is 2.12. The number of rotatable bonds is 4. The molecule has 1 aliphatic heterocycles. The van der Waals surface area contributed by atoms with Gasteiger partial charge in [-0.1, -0.05) is 11.8 Å². The lowest BCUT2D eigenvalue weighted by molar-refractivity contribution is 0.371. The zero-order valence-electron chi connectivity index (χ0n) is 9.03. The number of piperidine rings is 1. The molecule has 1 saturated heterocycles. The Hall–Kier alpha value is -0.130. The molecule has 0 aromatic carbocycles. The first-order valence-corrected chi connectivity index (χ1v) is 7.24. The second-order valence-corrected chi connectivity index (χ2v) is 6.05. The molecule has 5 heteroatoms. The molecule has 0 spiro atoms. The summed E-state index contributed by atoms with van der Waals surface area (Å²) in [6.07, 6.45) is 4.03. The van der Waals surface area contributed by atoms with Gasteiger partial charge in [0.05, 0.1) is 0 Å². The molecule has 1 fully saturated rings. The summed E-state index contributed by atoms with van der Waals surface area (Å²) in [5, 5.41) is 3.45. The zero-order chi connectivity index (χ0) is 10.5. The number of aryl methyl sites for hydroxylation is 1. The van der Waals surface area contributed by atoms with Crippen molar-refractivity contribution in [3.63, 3.8) is 0 Å². The maximum absolute atomic E-state index is 4.35. The van der Waals surface area contributed by atoms with E-state index < -0.39 is 0 Å². The van der Waals surface area contributed by atoms with Crippen LogP contribution in [0.3, 0.4) is 0 Å². The molecule has 15 heavy (non-hydrogen) atoms. The van der Waals surface area contributed by atoms with E-state index in [1.54, 1.807) is 0 Å². The van der Waals surface area contributed by atoms with Gasteiger partial charge >= 0.3 is 0 Å². The third-order valence-electron chi connectivity index (χ3n) is 2.66. The van der Waals surface area contributed by atoms with Gasteiger partial charge in [0.1, 0.15) is 5.82 Å². The average Bonchev–Trinajstić information content (AvgIpc) is 2.66. The molecular formula is C10H17N3S2. The Bertz CT molecular complexity index is 295. The minimum Gasteiger partial charge on any atom is -0.316 e. The smallest absolute Gasteiger partial charge is 0.170 e. The van der Waals surface area contributed by atoms with Gasteiger partial charge in [-0.2, -0.15) is 4.37 Å². The quantitative estimate of drug-likeness (QED) is 0.824. The van der Waals surface area contributed by atoms with Crippen LogP contribution in [0, 0.1) is 12.8 Å². The lowest BCUT2D eigenvalue weighted by atomic mass is 9.97. The van der Waals surface area contributed by atoms with E-state index >= 15 is 0 Å².